The lowest BCUT2D eigenvalue weighted by Gasteiger charge is -2.33. The Hall–Kier alpha value is -1.80. The molecule has 0 atom stereocenters. The molecular formula is C13H17N4O5P. The van der Waals surface area contributed by atoms with Crippen molar-refractivity contribution in [1.82, 2.24) is 15.2 Å². The van der Waals surface area contributed by atoms with Crippen LogP contribution in [0, 0.1) is 0 Å². The van der Waals surface area contributed by atoms with E-state index >= 15 is 0 Å². The summed E-state index contributed by atoms with van der Waals surface area (Å²) in [5, 5.41) is 7.35. The summed E-state index contributed by atoms with van der Waals surface area (Å²) in [7, 11) is -0.833. The Morgan fingerprint density at radius 3 is 2.78 bits per heavy atom. The van der Waals surface area contributed by atoms with Gasteiger partial charge in [-0.25, -0.2) is 5.10 Å². The van der Waals surface area contributed by atoms with Crippen molar-refractivity contribution in [2.75, 3.05) is 25.1 Å². The van der Waals surface area contributed by atoms with Crippen molar-refractivity contribution in [3.8, 4) is 5.88 Å². The molecule has 10 heteroatoms. The highest BCUT2D eigenvalue weighted by Gasteiger charge is 2.25. The minimum atomic E-state index is -2.35. The molecule has 1 aliphatic rings. The van der Waals surface area contributed by atoms with Gasteiger partial charge in [0.25, 0.3) is 5.56 Å². The molecule has 1 saturated heterocycles. The zero-order valence-electron chi connectivity index (χ0n) is 12.5. The van der Waals surface area contributed by atoms with Crippen molar-refractivity contribution in [2.24, 2.45) is 0 Å². The van der Waals surface area contributed by atoms with Crippen molar-refractivity contribution < 1.29 is 19.0 Å². The molecule has 0 aliphatic carbocycles. The molecule has 9 nitrogen and oxygen atoms in total. The highest BCUT2D eigenvalue weighted by atomic mass is 31.2. The number of aromatic amines is 1. The van der Waals surface area contributed by atoms with Crippen LogP contribution < -0.4 is 15.2 Å². The first-order chi connectivity index (χ1) is 11.1. The van der Waals surface area contributed by atoms with E-state index in [1.165, 1.54) is 7.11 Å². The Morgan fingerprint density at radius 1 is 1.39 bits per heavy atom. The molecule has 3 heterocycles. The minimum Gasteiger partial charge on any atom is -0.481 e. The van der Waals surface area contributed by atoms with Crippen LogP contribution in [0.1, 0.15) is 12.8 Å². The van der Waals surface area contributed by atoms with Gasteiger partial charge in [0.2, 0.25) is 5.88 Å². The van der Waals surface area contributed by atoms with Crippen molar-refractivity contribution in [3.63, 3.8) is 0 Å². The number of anilines is 1. The number of nitrogens with one attached hydrogen (secondary N) is 1. The van der Waals surface area contributed by atoms with E-state index in [-0.39, 0.29) is 11.7 Å². The third kappa shape index (κ3) is 3.42. The highest BCUT2D eigenvalue weighted by Crippen LogP contribution is 2.33. The fourth-order valence-corrected chi connectivity index (χ4v) is 3.19. The average Bonchev–Trinajstić information content (AvgIpc) is 2.54. The number of piperidine rings is 1. The van der Waals surface area contributed by atoms with Gasteiger partial charge in [-0.05, 0) is 12.8 Å². The van der Waals surface area contributed by atoms with Crippen LogP contribution in [0.15, 0.2) is 17.1 Å². The van der Waals surface area contributed by atoms with Gasteiger partial charge in [-0.3, -0.25) is 4.79 Å². The second-order valence-corrected chi connectivity index (χ2v) is 5.91. The van der Waals surface area contributed by atoms with Gasteiger partial charge >= 0.3 is 8.60 Å². The molecule has 0 amide bonds. The lowest BCUT2D eigenvalue weighted by atomic mass is 10.1. The standard InChI is InChI=1S/C13H17N4O5P/c1-21-10-6-8-7-14-16-13(18)11(8)12(15-10)17-4-2-9(3-5-17)22-23(19)20/h6-7,9,19-20H,2-5H2,1H3,(H,16,18). The molecule has 2 aromatic heterocycles. The number of hydrogen-bond donors (Lipinski definition) is 3. The molecule has 0 aromatic carbocycles. The first kappa shape index (κ1) is 16.1. The van der Waals surface area contributed by atoms with E-state index in [0.717, 1.165) is 0 Å². The molecule has 0 unspecified atom stereocenters. The number of fused-ring (bicyclic) bond motifs is 1. The van der Waals surface area contributed by atoms with E-state index in [9.17, 15) is 4.79 Å². The van der Waals surface area contributed by atoms with Crippen LogP contribution in [-0.2, 0) is 4.52 Å². The Labute approximate surface area is 132 Å². The van der Waals surface area contributed by atoms with Gasteiger partial charge in [0.15, 0.2) is 0 Å². The van der Waals surface area contributed by atoms with E-state index in [1.807, 2.05) is 4.90 Å². The van der Waals surface area contributed by atoms with Gasteiger partial charge in [0, 0.05) is 24.5 Å². The van der Waals surface area contributed by atoms with E-state index < -0.39 is 8.60 Å². The number of nitrogens with zero attached hydrogens (tertiary/aromatic N) is 3. The summed E-state index contributed by atoms with van der Waals surface area (Å²) in [5.74, 6) is 0.948. The van der Waals surface area contributed by atoms with Crippen LogP contribution in [0.5, 0.6) is 5.88 Å². The molecule has 1 fully saturated rings. The Bertz CT molecular complexity index is 745. The maximum Gasteiger partial charge on any atom is 0.327 e. The number of H-pyrrole nitrogens is 1. The van der Waals surface area contributed by atoms with Crippen LogP contribution in [0.25, 0.3) is 10.8 Å². The van der Waals surface area contributed by atoms with E-state index in [1.54, 1.807) is 12.3 Å². The van der Waals surface area contributed by atoms with Crippen LogP contribution in [0.4, 0.5) is 5.82 Å². The molecule has 3 rings (SSSR count). The molecule has 0 spiro atoms. The Morgan fingerprint density at radius 2 is 2.13 bits per heavy atom. The first-order valence-electron chi connectivity index (χ1n) is 7.10. The highest BCUT2D eigenvalue weighted by molar-refractivity contribution is 7.39. The maximum absolute atomic E-state index is 12.1. The lowest BCUT2D eigenvalue weighted by molar-refractivity contribution is 0.146. The third-order valence-electron chi connectivity index (χ3n) is 3.80. The average molecular weight is 340 g/mol. The third-order valence-corrected chi connectivity index (χ3v) is 4.28. The summed E-state index contributed by atoms with van der Waals surface area (Å²) < 4.78 is 10.3. The summed E-state index contributed by atoms with van der Waals surface area (Å²) in [6.45, 7) is 1.18. The minimum absolute atomic E-state index is 0.204. The molecule has 23 heavy (non-hydrogen) atoms. The largest absolute Gasteiger partial charge is 0.481 e. The van der Waals surface area contributed by atoms with Crippen molar-refractivity contribution >= 4 is 25.2 Å². The summed E-state index contributed by atoms with van der Waals surface area (Å²) in [6.07, 6.45) is 2.58. The lowest BCUT2D eigenvalue weighted by Crippen LogP contribution is -2.37. The molecule has 1 aliphatic heterocycles. The van der Waals surface area contributed by atoms with Crippen molar-refractivity contribution in [2.45, 2.75) is 18.9 Å². The molecule has 3 N–H and O–H groups in total. The Balaban J connectivity index is 1.92. The molecule has 0 bridgehead atoms. The molecule has 2 aromatic rings. The molecule has 124 valence electrons. The predicted molar refractivity (Wildman–Crippen MR) is 84.4 cm³/mol. The van der Waals surface area contributed by atoms with Crippen LogP contribution in [0.3, 0.4) is 0 Å². The normalized spacial score (nSPS) is 16.3. The van der Waals surface area contributed by atoms with Gasteiger partial charge in [-0.15, -0.1) is 0 Å². The second kappa shape index (κ2) is 6.76. The molecule has 0 radical (unpaired) electrons. The molecular weight excluding hydrogens is 323 g/mol. The number of aromatic nitrogens is 3. The number of ether oxygens (including phenoxy) is 1. The zero-order valence-corrected chi connectivity index (χ0v) is 13.4. The summed E-state index contributed by atoms with van der Waals surface area (Å²) in [4.78, 5) is 36.4. The maximum atomic E-state index is 12.1. The summed E-state index contributed by atoms with van der Waals surface area (Å²) in [5.41, 5.74) is -0.305. The van der Waals surface area contributed by atoms with Crippen molar-refractivity contribution in [3.05, 3.63) is 22.6 Å². The van der Waals surface area contributed by atoms with Gasteiger partial charge < -0.3 is 23.9 Å². The van der Waals surface area contributed by atoms with Gasteiger partial charge in [0.05, 0.1) is 24.8 Å². The zero-order chi connectivity index (χ0) is 16.4. The van der Waals surface area contributed by atoms with Crippen LogP contribution in [-0.4, -0.2) is 51.3 Å². The number of pyridine rings is 1. The first-order valence-corrected chi connectivity index (χ1v) is 8.27. The van der Waals surface area contributed by atoms with Gasteiger partial charge in [0.1, 0.15) is 5.82 Å². The fraction of sp³-hybridized carbons (Fsp3) is 0.462. The van der Waals surface area contributed by atoms with E-state index in [0.29, 0.717) is 48.4 Å². The SMILES string of the molecule is COc1cc2cn[nH]c(=O)c2c(N2CCC(OP(O)O)CC2)n1. The Kier molecular flexibility index (Phi) is 4.72. The van der Waals surface area contributed by atoms with Gasteiger partial charge in [-0.2, -0.15) is 10.1 Å². The predicted octanol–water partition coefficient (Wildman–Crippen LogP) is 0.524. The van der Waals surface area contributed by atoms with E-state index in [4.69, 9.17) is 19.0 Å². The van der Waals surface area contributed by atoms with Crippen LogP contribution in [0.2, 0.25) is 0 Å². The van der Waals surface area contributed by atoms with Crippen molar-refractivity contribution in [1.29, 1.82) is 0 Å². The summed E-state index contributed by atoms with van der Waals surface area (Å²) in [6, 6.07) is 1.67. The van der Waals surface area contributed by atoms with E-state index in [2.05, 4.69) is 15.2 Å². The van der Waals surface area contributed by atoms with Gasteiger partial charge in [-0.1, -0.05) is 0 Å². The van der Waals surface area contributed by atoms with Crippen LogP contribution >= 0.6 is 8.60 Å². The monoisotopic (exact) mass is 340 g/mol. The fourth-order valence-electron chi connectivity index (χ4n) is 2.72. The second-order valence-electron chi connectivity index (χ2n) is 5.20. The smallest absolute Gasteiger partial charge is 0.327 e. The topological polar surface area (TPSA) is 121 Å². The quantitative estimate of drug-likeness (QED) is 0.689. The summed E-state index contributed by atoms with van der Waals surface area (Å²) >= 11 is 0. The number of rotatable bonds is 4. The number of methoxy groups -OCH3 is 1. The number of hydrogen-bond acceptors (Lipinski definition) is 8. The molecule has 0 saturated carbocycles.